The minimum atomic E-state index is -0.380. The van der Waals surface area contributed by atoms with Crippen LogP contribution in [0.2, 0.25) is 0 Å². The molecule has 5 rings (SSSR count). The molecular formula is C26H30N2O3. The maximum atomic E-state index is 12.6. The molecule has 1 spiro atoms. The van der Waals surface area contributed by atoms with Crippen LogP contribution in [0.3, 0.4) is 0 Å². The monoisotopic (exact) mass is 418 g/mol. The molecule has 2 aromatic carbocycles. The van der Waals surface area contributed by atoms with E-state index in [-0.39, 0.29) is 29.8 Å². The third-order valence-corrected chi connectivity index (χ3v) is 7.65. The number of piperidine rings is 1. The van der Waals surface area contributed by atoms with Crippen molar-refractivity contribution in [2.45, 2.75) is 44.7 Å². The Morgan fingerprint density at radius 2 is 1.84 bits per heavy atom. The Hall–Kier alpha value is -2.66. The van der Waals surface area contributed by atoms with Crippen LogP contribution in [0, 0.1) is 5.92 Å². The second-order valence-electron chi connectivity index (χ2n) is 9.12. The minimum absolute atomic E-state index is 0.0875. The molecule has 1 unspecified atom stereocenters. The Bertz CT molecular complexity index is 1020. The molecule has 2 saturated heterocycles. The summed E-state index contributed by atoms with van der Waals surface area (Å²) in [5.74, 6) is -0.494. The summed E-state index contributed by atoms with van der Waals surface area (Å²) in [6.07, 6.45) is 2.94. The van der Waals surface area contributed by atoms with Crippen molar-refractivity contribution in [1.29, 1.82) is 0 Å². The molecular weight excluding hydrogens is 388 g/mol. The van der Waals surface area contributed by atoms with Crippen LogP contribution in [0.15, 0.2) is 42.5 Å². The van der Waals surface area contributed by atoms with Crippen molar-refractivity contribution in [3.63, 3.8) is 0 Å². The lowest BCUT2D eigenvalue weighted by molar-refractivity contribution is -0.150. The quantitative estimate of drug-likeness (QED) is 0.607. The zero-order valence-electron chi connectivity index (χ0n) is 18.4. The second-order valence-corrected chi connectivity index (χ2v) is 9.12. The molecule has 1 atom stereocenters. The largest absolute Gasteiger partial charge is 0.469 e. The Kier molecular flexibility index (Phi) is 5.09. The number of fused-ring (bicyclic) bond motifs is 3. The predicted octanol–water partition coefficient (Wildman–Crippen LogP) is 3.63. The summed E-state index contributed by atoms with van der Waals surface area (Å²) in [6.45, 7) is 5.33. The highest BCUT2D eigenvalue weighted by Crippen LogP contribution is 2.44. The number of hydrogen-bond donors (Lipinski definition) is 0. The summed E-state index contributed by atoms with van der Waals surface area (Å²) in [4.78, 5) is 29.4. The topological polar surface area (TPSA) is 49.9 Å². The normalized spacial score (nSPS) is 21.9. The summed E-state index contributed by atoms with van der Waals surface area (Å²) in [5.41, 5.74) is 6.51. The van der Waals surface area contributed by atoms with Gasteiger partial charge in [-0.1, -0.05) is 42.5 Å². The average molecular weight is 419 g/mol. The van der Waals surface area contributed by atoms with E-state index in [1.54, 1.807) is 0 Å². The van der Waals surface area contributed by atoms with Crippen molar-refractivity contribution in [1.82, 2.24) is 9.80 Å². The highest BCUT2D eigenvalue weighted by Gasteiger charge is 2.56. The molecule has 2 aromatic rings. The summed E-state index contributed by atoms with van der Waals surface area (Å²) < 4.78 is 5.06. The number of methoxy groups -OCH3 is 1. The second kappa shape index (κ2) is 7.79. The van der Waals surface area contributed by atoms with Gasteiger partial charge in [-0.2, -0.15) is 0 Å². The molecule has 0 saturated carbocycles. The zero-order chi connectivity index (χ0) is 21.6. The third kappa shape index (κ3) is 3.26. The van der Waals surface area contributed by atoms with Crippen LogP contribution in [0.1, 0.15) is 42.9 Å². The van der Waals surface area contributed by atoms with Crippen molar-refractivity contribution < 1.29 is 14.3 Å². The lowest BCUT2D eigenvalue weighted by atomic mass is 9.76. The van der Waals surface area contributed by atoms with Gasteiger partial charge < -0.3 is 9.64 Å². The standard InChI is InChI=1S/C26H30N2O3/c1-3-28-24(29)16-23(25(30)31-2)26(28)10-12-27(13-11-26)17-18-8-9-22-20(14-18)15-19-6-4-5-7-21(19)22/h4-9,14,23H,3,10-13,15-17H2,1-2H3. The van der Waals surface area contributed by atoms with E-state index in [0.717, 1.165) is 38.9 Å². The van der Waals surface area contributed by atoms with Gasteiger partial charge in [0, 0.05) is 32.6 Å². The molecule has 0 aromatic heterocycles. The fourth-order valence-electron chi connectivity index (χ4n) is 6.12. The Balaban J connectivity index is 1.30. The van der Waals surface area contributed by atoms with E-state index in [2.05, 4.69) is 47.4 Å². The Morgan fingerprint density at radius 3 is 2.58 bits per heavy atom. The Labute approximate surface area is 184 Å². The minimum Gasteiger partial charge on any atom is -0.469 e. The van der Waals surface area contributed by atoms with E-state index in [1.165, 1.54) is 34.9 Å². The molecule has 0 bridgehead atoms. The molecule has 162 valence electrons. The maximum absolute atomic E-state index is 12.6. The molecule has 1 amide bonds. The molecule has 2 aliphatic heterocycles. The van der Waals surface area contributed by atoms with Crippen LogP contribution in [-0.4, -0.2) is 54.0 Å². The van der Waals surface area contributed by atoms with Gasteiger partial charge >= 0.3 is 5.97 Å². The Morgan fingerprint density at radius 1 is 1.10 bits per heavy atom. The van der Waals surface area contributed by atoms with E-state index in [1.807, 2.05) is 11.8 Å². The van der Waals surface area contributed by atoms with Gasteiger partial charge in [-0.15, -0.1) is 0 Å². The van der Waals surface area contributed by atoms with Crippen molar-refractivity contribution >= 4 is 11.9 Å². The number of carbonyl (C=O) groups is 2. The summed E-state index contributed by atoms with van der Waals surface area (Å²) in [6, 6.07) is 15.5. The van der Waals surface area contributed by atoms with Gasteiger partial charge in [0.05, 0.1) is 18.6 Å². The first-order valence-electron chi connectivity index (χ1n) is 11.4. The number of amides is 1. The lowest BCUT2D eigenvalue weighted by Crippen LogP contribution is -2.57. The highest BCUT2D eigenvalue weighted by atomic mass is 16.5. The van der Waals surface area contributed by atoms with E-state index in [0.29, 0.717) is 6.54 Å². The van der Waals surface area contributed by atoms with Gasteiger partial charge in [0.2, 0.25) is 5.91 Å². The smallest absolute Gasteiger partial charge is 0.311 e. The summed E-state index contributed by atoms with van der Waals surface area (Å²) in [5, 5.41) is 0. The molecule has 0 N–H and O–H groups in total. The number of hydrogen-bond acceptors (Lipinski definition) is 4. The van der Waals surface area contributed by atoms with Crippen molar-refractivity contribution in [3.05, 3.63) is 59.2 Å². The van der Waals surface area contributed by atoms with E-state index in [9.17, 15) is 9.59 Å². The fourth-order valence-corrected chi connectivity index (χ4v) is 6.12. The molecule has 1 aliphatic carbocycles. The van der Waals surface area contributed by atoms with E-state index >= 15 is 0 Å². The van der Waals surface area contributed by atoms with Crippen LogP contribution in [-0.2, 0) is 27.3 Å². The molecule has 2 fully saturated rings. The first kappa shape index (κ1) is 20.3. The lowest BCUT2D eigenvalue weighted by Gasteiger charge is -2.46. The van der Waals surface area contributed by atoms with Gasteiger partial charge in [-0.25, -0.2) is 0 Å². The third-order valence-electron chi connectivity index (χ3n) is 7.65. The zero-order valence-corrected chi connectivity index (χ0v) is 18.4. The highest BCUT2D eigenvalue weighted by molar-refractivity contribution is 5.89. The molecule has 31 heavy (non-hydrogen) atoms. The number of likely N-dealkylation sites (tertiary alicyclic amines) is 2. The van der Waals surface area contributed by atoms with Crippen LogP contribution in [0.5, 0.6) is 0 Å². The van der Waals surface area contributed by atoms with Gasteiger partial charge in [-0.05, 0) is 54.0 Å². The van der Waals surface area contributed by atoms with Gasteiger partial charge in [0.25, 0.3) is 0 Å². The fraction of sp³-hybridized carbons (Fsp3) is 0.462. The summed E-state index contributed by atoms with van der Waals surface area (Å²) in [7, 11) is 1.43. The molecule has 2 heterocycles. The predicted molar refractivity (Wildman–Crippen MR) is 119 cm³/mol. The number of nitrogens with zero attached hydrogens (tertiary/aromatic N) is 2. The summed E-state index contributed by atoms with van der Waals surface area (Å²) >= 11 is 0. The van der Waals surface area contributed by atoms with Crippen LogP contribution in [0.4, 0.5) is 0 Å². The number of ether oxygens (including phenoxy) is 1. The maximum Gasteiger partial charge on any atom is 0.311 e. The molecule has 5 nitrogen and oxygen atoms in total. The van der Waals surface area contributed by atoms with Crippen LogP contribution in [0.25, 0.3) is 11.1 Å². The first-order valence-corrected chi connectivity index (χ1v) is 11.4. The van der Waals surface area contributed by atoms with Gasteiger partial charge in [-0.3, -0.25) is 14.5 Å². The van der Waals surface area contributed by atoms with Gasteiger partial charge in [0.15, 0.2) is 0 Å². The van der Waals surface area contributed by atoms with Crippen molar-refractivity contribution in [2.75, 3.05) is 26.7 Å². The number of benzene rings is 2. The van der Waals surface area contributed by atoms with Crippen LogP contribution < -0.4 is 0 Å². The molecule has 3 aliphatic rings. The number of carbonyl (C=O) groups excluding carboxylic acids is 2. The average Bonchev–Trinajstić information content (AvgIpc) is 3.29. The number of esters is 1. The number of rotatable bonds is 4. The van der Waals surface area contributed by atoms with Crippen LogP contribution >= 0.6 is 0 Å². The van der Waals surface area contributed by atoms with E-state index < -0.39 is 0 Å². The SMILES string of the molecule is CCN1C(=O)CC(C(=O)OC)C12CCN(Cc1ccc3c(c1)Cc1ccccc1-3)CC2. The molecule has 5 heteroatoms. The van der Waals surface area contributed by atoms with Crippen molar-refractivity contribution in [2.24, 2.45) is 5.92 Å². The van der Waals surface area contributed by atoms with Gasteiger partial charge in [0.1, 0.15) is 0 Å². The molecule has 0 radical (unpaired) electrons. The van der Waals surface area contributed by atoms with E-state index in [4.69, 9.17) is 4.74 Å². The first-order chi connectivity index (χ1) is 15.1. The van der Waals surface area contributed by atoms with Crippen molar-refractivity contribution in [3.8, 4) is 11.1 Å².